The molecule has 1 saturated carbocycles. The van der Waals surface area contributed by atoms with Crippen LogP contribution < -0.4 is 5.32 Å². The maximum Gasteiger partial charge on any atom is 0.227 e. The van der Waals surface area contributed by atoms with Gasteiger partial charge in [-0.2, -0.15) is 5.26 Å². The highest BCUT2D eigenvalue weighted by molar-refractivity contribution is 5.95. The number of hydrogen-bond donors (Lipinski definition) is 1. The van der Waals surface area contributed by atoms with Crippen molar-refractivity contribution in [3.63, 3.8) is 0 Å². The third kappa shape index (κ3) is 2.89. The number of hydrogen-bond acceptors (Lipinski definition) is 2. The summed E-state index contributed by atoms with van der Waals surface area (Å²) < 4.78 is 0. The van der Waals surface area contributed by atoms with Gasteiger partial charge in [0, 0.05) is 5.92 Å². The SMILES string of the molecule is CCCCC1CC1C(=O)Nc1ccccc1C#N. The van der Waals surface area contributed by atoms with Gasteiger partial charge in [0.15, 0.2) is 0 Å². The van der Waals surface area contributed by atoms with Crippen LogP contribution in [0.2, 0.25) is 0 Å². The molecule has 3 nitrogen and oxygen atoms in total. The summed E-state index contributed by atoms with van der Waals surface area (Å²) >= 11 is 0. The molecule has 1 amide bonds. The van der Waals surface area contributed by atoms with Crippen LogP contribution in [0.15, 0.2) is 24.3 Å². The fraction of sp³-hybridized carbons (Fsp3) is 0.467. The minimum absolute atomic E-state index is 0.0683. The van der Waals surface area contributed by atoms with E-state index in [0.29, 0.717) is 17.2 Å². The average Bonchev–Trinajstić information content (AvgIpc) is 3.16. The quantitative estimate of drug-likeness (QED) is 0.861. The number of anilines is 1. The van der Waals surface area contributed by atoms with Gasteiger partial charge in [-0.05, 0) is 30.9 Å². The van der Waals surface area contributed by atoms with Crippen molar-refractivity contribution in [1.29, 1.82) is 5.26 Å². The number of nitriles is 1. The molecule has 2 rings (SSSR count). The molecule has 1 aliphatic carbocycles. The highest BCUT2D eigenvalue weighted by atomic mass is 16.2. The maximum absolute atomic E-state index is 12.0. The van der Waals surface area contributed by atoms with Crippen LogP contribution in [-0.2, 0) is 4.79 Å². The minimum Gasteiger partial charge on any atom is -0.325 e. The number of unbranched alkanes of at least 4 members (excludes halogenated alkanes) is 1. The van der Waals surface area contributed by atoms with Crippen molar-refractivity contribution in [3.8, 4) is 6.07 Å². The molecule has 2 atom stereocenters. The predicted molar refractivity (Wildman–Crippen MR) is 70.9 cm³/mol. The van der Waals surface area contributed by atoms with E-state index in [1.807, 2.05) is 6.07 Å². The Labute approximate surface area is 108 Å². The number of amides is 1. The van der Waals surface area contributed by atoms with E-state index in [0.717, 1.165) is 12.8 Å². The third-order valence-corrected chi connectivity index (χ3v) is 3.49. The van der Waals surface area contributed by atoms with Gasteiger partial charge >= 0.3 is 0 Å². The lowest BCUT2D eigenvalue weighted by Gasteiger charge is -2.06. The molecule has 1 fully saturated rings. The van der Waals surface area contributed by atoms with Gasteiger partial charge in [-0.3, -0.25) is 4.79 Å². The van der Waals surface area contributed by atoms with Crippen LogP contribution in [0.3, 0.4) is 0 Å². The first-order chi connectivity index (χ1) is 8.76. The van der Waals surface area contributed by atoms with Crippen LogP contribution >= 0.6 is 0 Å². The van der Waals surface area contributed by atoms with Crippen molar-refractivity contribution in [3.05, 3.63) is 29.8 Å². The van der Waals surface area contributed by atoms with E-state index in [4.69, 9.17) is 5.26 Å². The molecule has 0 aromatic heterocycles. The molecule has 1 aliphatic rings. The Bertz CT molecular complexity index is 476. The number of benzene rings is 1. The summed E-state index contributed by atoms with van der Waals surface area (Å²) in [4.78, 5) is 12.0. The van der Waals surface area contributed by atoms with Crippen LogP contribution in [0.25, 0.3) is 0 Å². The molecule has 0 aliphatic heterocycles. The van der Waals surface area contributed by atoms with Crippen LogP contribution in [-0.4, -0.2) is 5.91 Å². The highest BCUT2D eigenvalue weighted by Gasteiger charge is 2.42. The van der Waals surface area contributed by atoms with Crippen LogP contribution in [0.1, 0.15) is 38.2 Å². The van der Waals surface area contributed by atoms with Gasteiger partial charge < -0.3 is 5.32 Å². The summed E-state index contributed by atoms with van der Waals surface area (Å²) in [6, 6.07) is 9.22. The topological polar surface area (TPSA) is 52.9 Å². The second-order valence-corrected chi connectivity index (χ2v) is 4.89. The molecule has 94 valence electrons. The summed E-state index contributed by atoms with van der Waals surface area (Å²) in [5.74, 6) is 0.779. The molecule has 0 bridgehead atoms. The smallest absolute Gasteiger partial charge is 0.227 e. The lowest BCUT2D eigenvalue weighted by atomic mass is 10.1. The molecule has 0 saturated heterocycles. The zero-order valence-electron chi connectivity index (χ0n) is 10.6. The van der Waals surface area contributed by atoms with Gasteiger partial charge in [0.1, 0.15) is 6.07 Å². The molecule has 1 aromatic rings. The Morgan fingerprint density at radius 3 is 3.00 bits per heavy atom. The van der Waals surface area contributed by atoms with Crippen molar-refractivity contribution in [2.24, 2.45) is 11.8 Å². The number of para-hydroxylation sites is 1. The molecule has 0 heterocycles. The van der Waals surface area contributed by atoms with Gasteiger partial charge in [0.25, 0.3) is 0 Å². The third-order valence-electron chi connectivity index (χ3n) is 3.49. The van der Waals surface area contributed by atoms with Gasteiger partial charge in [-0.25, -0.2) is 0 Å². The van der Waals surface area contributed by atoms with E-state index in [-0.39, 0.29) is 11.8 Å². The molecular weight excluding hydrogens is 224 g/mol. The highest BCUT2D eigenvalue weighted by Crippen LogP contribution is 2.43. The minimum atomic E-state index is 0.0683. The first-order valence-electron chi connectivity index (χ1n) is 6.56. The lowest BCUT2D eigenvalue weighted by molar-refractivity contribution is -0.117. The Balaban J connectivity index is 1.91. The summed E-state index contributed by atoms with van der Waals surface area (Å²) in [7, 11) is 0. The number of nitrogens with one attached hydrogen (secondary N) is 1. The first kappa shape index (κ1) is 12.6. The Hall–Kier alpha value is -1.82. The maximum atomic E-state index is 12.0. The Morgan fingerprint density at radius 2 is 2.28 bits per heavy atom. The van der Waals surface area contributed by atoms with Crippen molar-refractivity contribution in [1.82, 2.24) is 0 Å². The fourth-order valence-corrected chi connectivity index (χ4v) is 2.27. The Morgan fingerprint density at radius 1 is 1.50 bits per heavy atom. The van der Waals surface area contributed by atoms with Gasteiger partial charge in [-0.1, -0.05) is 31.9 Å². The van der Waals surface area contributed by atoms with Crippen LogP contribution in [0, 0.1) is 23.2 Å². The molecule has 0 spiro atoms. The average molecular weight is 242 g/mol. The van der Waals surface area contributed by atoms with E-state index >= 15 is 0 Å². The zero-order chi connectivity index (χ0) is 13.0. The zero-order valence-corrected chi connectivity index (χ0v) is 10.6. The molecule has 0 radical (unpaired) electrons. The fourth-order valence-electron chi connectivity index (χ4n) is 2.27. The van der Waals surface area contributed by atoms with Crippen molar-refractivity contribution >= 4 is 11.6 Å². The lowest BCUT2D eigenvalue weighted by Crippen LogP contribution is -2.15. The van der Waals surface area contributed by atoms with E-state index in [1.54, 1.807) is 18.2 Å². The van der Waals surface area contributed by atoms with Gasteiger partial charge in [0.05, 0.1) is 11.3 Å². The van der Waals surface area contributed by atoms with Gasteiger partial charge in [0.2, 0.25) is 5.91 Å². The monoisotopic (exact) mass is 242 g/mol. The van der Waals surface area contributed by atoms with Crippen molar-refractivity contribution < 1.29 is 4.79 Å². The largest absolute Gasteiger partial charge is 0.325 e. The van der Waals surface area contributed by atoms with E-state index in [1.165, 1.54) is 12.8 Å². The van der Waals surface area contributed by atoms with Crippen molar-refractivity contribution in [2.75, 3.05) is 5.32 Å². The van der Waals surface area contributed by atoms with E-state index in [9.17, 15) is 4.79 Å². The Kier molecular flexibility index (Phi) is 3.99. The second kappa shape index (κ2) is 5.68. The number of nitrogens with zero attached hydrogens (tertiary/aromatic N) is 1. The molecule has 1 aromatic carbocycles. The molecule has 3 heteroatoms. The molecule has 18 heavy (non-hydrogen) atoms. The van der Waals surface area contributed by atoms with E-state index < -0.39 is 0 Å². The second-order valence-electron chi connectivity index (χ2n) is 4.89. The summed E-state index contributed by atoms with van der Waals surface area (Å²) in [6.07, 6.45) is 4.53. The summed E-state index contributed by atoms with van der Waals surface area (Å²) in [5, 5.41) is 11.8. The van der Waals surface area contributed by atoms with Crippen LogP contribution in [0.4, 0.5) is 5.69 Å². The standard InChI is InChI=1S/C15H18N2O/c1-2-3-6-11-9-13(11)15(18)17-14-8-5-4-7-12(14)10-16/h4-5,7-8,11,13H,2-3,6,9H2,1H3,(H,17,18). The summed E-state index contributed by atoms with van der Waals surface area (Å²) in [6.45, 7) is 2.17. The van der Waals surface area contributed by atoms with Crippen molar-refractivity contribution in [2.45, 2.75) is 32.6 Å². The summed E-state index contributed by atoms with van der Waals surface area (Å²) in [5.41, 5.74) is 1.16. The first-order valence-corrected chi connectivity index (χ1v) is 6.56. The molecular formula is C15H18N2O. The molecule has 1 N–H and O–H groups in total. The number of rotatable bonds is 5. The number of carbonyl (C=O) groups is 1. The van der Waals surface area contributed by atoms with Crippen LogP contribution in [0.5, 0.6) is 0 Å². The molecule has 2 unspecified atom stereocenters. The normalized spacial score (nSPS) is 21.1. The number of carbonyl (C=O) groups excluding carboxylic acids is 1. The van der Waals surface area contributed by atoms with E-state index in [2.05, 4.69) is 18.3 Å². The predicted octanol–water partition coefficient (Wildman–Crippen LogP) is 3.32. The van der Waals surface area contributed by atoms with Gasteiger partial charge in [-0.15, -0.1) is 0 Å².